The largest absolute Gasteiger partial charge is 0.399 e. The molecule has 0 unspecified atom stereocenters. The molecule has 7 heteroatoms. The van der Waals surface area contributed by atoms with E-state index >= 15 is 0 Å². The fourth-order valence-corrected chi connectivity index (χ4v) is 4.75. The lowest BCUT2D eigenvalue weighted by Crippen LogP contribution is -2.43. The van der Waals surface area contributed by atoms with Crippen LogP contribution in [0.4, 0.5) is 5.69 Å². The number of hydrogen-bond acceptors (Lipinski definition) is 5. The lowest BCUT2D eigenvalue weighted by Gasteiger charge is -2.34. The Hall–Kier alpha value is -0.760. The van der Waals surface area contributed by atoms with Crippen molar-refractivity contribution in [2.45, 2.75) is 42.7 Å². The third kappa shape index (κ3) is 4.86. The molecule has 0 bridgehead atoms. The van der Waals surface area contributed by atoms with Gasteiger partial charge in [-0.25, -0.2) is 8.42 Å². The average molecular weight is 358 g/mol. The Morgan fingerprint density at radius 3 is 2.39 bits per heavy atom. The highest BCUT2D eigenvalue weighted by atomic mass is 32.2. The van der Waals surface area contributed by atoms with Gasteiger partial charge >= 0.3 is 0 Å². The maximum atomic E-state index is 12.7. The second-order valence-corrected chi connectivity index (χ2v) is 9.03. The molecule has 3 N–H and O–H groups in total. The van der Waals surface area contributed by atoms with Crippen LogP contribution in [0.1, 0.15) is 25.7 Å². The van der Waals surface area contributed by atoms with E-state index in [9.17, 15) is 8.42 Å². The summed E-state index contributed by atoms with van der Waals surface area (Å²) in [6.45, 7) is 1.02. The van der Waals surface area contributed by atoms with E-state index in [4.69, 9.17) is 5.73 Å². The number of sulfonamides is 1. The lowest BCUT2D eigenvalue weighted by atomic mass is 9.91. The summed E-state index contributed by atoms with van der Waals surface area (Å²) in [5.41, 5.74) is 6.21. The molecule has 2 rings (SSSR count). The van der Waals surface area contributed by atoms with Gasteiger partial charge < -0.3 is 11.1 Å². The summed E-state index contributed by atoms with van der Waals surface area (Å²) >= 11 is 1.84. The minimum Gasteiger partial charge on any atom is -0.399 e. The Kier molecular flexibility index (Phi) is 6.76. The zero-order valence-electron chi connectivity index (χ0n) is 13.9. The van der Waals surface area contributed by atoms with Crippen LogP contribution in [-0.4, -0.2) is 50.4 Å². The summed E-state index contributed by atoms with van der Waals surface area (Å²) in [5.74, 6) is 1.12. The second kappa shape index (κ2) is 8.37. The van der Waals surface area contributed by atoms with Gasteiger partial charge in [-0.3, -0.25) is 0 Å². The van der Waals surface area contributed by atoms with E-state index in [0.29, 0.717) is 16.6 Å². The number of hydrogen-bond donors (Lipinski definition) is 2. The van der Waals surface area contributed by atoms with Crippen LogP contribution in [0.15, 0.2) is 29.2 Å². The second-order valence-electron chi connectivity index (χ2n) is 6.04. The molecule has 0 aliphatic heterocycles. The minimum absolute atomic E-state index is 0.0798. The number of anilines is 1. The summed E-state index contributed by atoms with van der Waals surface area (Å²) < 4.78 is 26.9. The molecule has 130 valence electrons. The molecule has 0 amide bonds. The molecule has 1 aliphatic carbocycles. The molecule has 0 spiro atoms. The molecular formula is C16H27N3O2S2. The third-order valence-electron chi connectivity index (χ3n) is 4.51. The normalized spacial score (nSPS) is 22.4. The molecular weight excluding hydrogens is 330 g/mol. The number of nitrogens with two attached hydrogens (primary N) is 1. The summed E-state index contributed by atoms with van der Waals surface area (Å²) in [6.07, 6.45) is 5.97. The smallest absolute Gasteiger partial charge is 0.243 e. The monoisotopic (exact) mass is 357 g/mol. The third-order valence-corrected chi connectivity index (χ3v) is 7.04. The Bertz CT molecular complexity index is 582. The molecule has 0 saturated heterocycles. The van der Waals surface area contributed by atoms with Gasteiger partial charge in [-0.2, -0.15) is 16.1 Å². The molecule has 5 nitrogen and oxygen atoms in total. The van der Waals surface area contributed by atoms with Crippen molar-refractivity contribution in [3.05, 3.63) is 24.3 Å². The van der Waals surface area contributed by atoms with Gasteiger partial charge in [0.05, 0.1) is 4.90 Å². The number of nitrogen functional groups attached to an aromatic ring is 1. The van der Waals surface area contributed by atoms with Gasteiger partial charge in [0.15, 0.2) is 0 Å². The van der Waals surface area contributed by atoms with Crippen molar-refractivity contribution >= 4 is 27.5 Å². The van der Waals surface area contributed by atoms with Crippen molar-refractivity contribution in [1.82, 2.24) is 9.62 Å². The van der Waals surface area contributed by atoms with E-state index in [2.05, 4.69) is 11.6 Å². The predicted molar refractivity (Wildman–Crippen MR) is 98.2 cm³/mol. The minimum atomic E-state index is -3.44. The molecule has 0 atom stereocenters. The van der Waals surface area contributed by atoms with Crippen LogP contribution < -0.4 is 11.1 Å². The Morgan fingerprint density at radius 1 is 1.22 bits per heavy atom. The van der Waals surface area contributed by atoms with Crippen LogP contribution in [0.25, 0.3) is 0 Å². The van der Waals surface area contributed by atoms with Gasteiger partial charge in [0.2, 0.25) is 10.0 Å². The number of rotatable bonds is 7. The lowest BCUT2D eigenvalue weighted by molar-refractivity contribution is 0.251. The Labute approximate surface area is 144 Å². The van der Waals surface area contributed by atoms with Crippen molar-refractivity contribution in [3.63, 3.8) is 0 Å². The number of nitrogens with one attached hydrogen (secondary N) is 1. The first kappa shape index (κ1) is 18.6. The molecule has 0 heterocycles. The zero-order valence-corrected chi connectivity index (χ0v) is 15.5. The van der Waals surface area contributed by atoms with Crippen molar-refractivity contribution in [3.8, 4) is 0 Å². The van der Waals surface area contributed by atoms with Crippen molar-refractivity contribution < 1.29 is 8.42 Å². The summed E-state index contributed by atoms with van der Waals surface area (Å²) in [7, 11) is -1.75. The fourth-order valence-electron chi connectivity index (χ4n) is 3.01. The van der Waals surface area contributed by atoms with E-state index in [1.807, 2.05) is 11.8 Å². The van der Waals surface area contributed by atoms with E-state index in [-0.39, 0.29) is 6.04 Å². The van der Waals surface area contributed by atoms with Gasteiger partial charge in [-0.1, -0.05) is 0 Å². The van der Waals surface area contributed by atoms with Crippen molar-refractivity contribution in [1.29, 1.82) is 0 Å². The van der Waals surface area contributed by atoms with Gasteiger partial charge in [-0.15, -0.1) is 0 Å². The van der Waals surface area contributed by atoms with E-state index in [1.54, 1.807) is 31.3 Å². The van der Waals surface area contributed by atoms with E-state index < -0.39 is 10.0 Å². The predicted octanol–water partition coefficient (Wildman–Crippen LogP) is 2.15. The van der Waals surface area contributed by atoms with Crippen LogP contribution >= 0.6 is 11.8 Å². The Morgan fingerprint density at radius 2 is 1.83 bits per heavy atom. The van der Waals surface area contributed by atoms with Gasteiger partial charge in [0, 0.05) is 37.1 Å². The van der Waals surface area contributed by atoms with E-state index in [0.717, 1.165) is 38.0 Å². The number of benzene rings is 1. The van der Waals surface area contributed by atoms with Gasteiger partial charge in [0.1, 0.15) is 0 Å². The fraction of sp³-hybridized carbons (Fsp3) is 0.625. The molecule has 23 heavy (non-hydrogen) atoms. The molecule has 0 aromatic heterocycles. The maximum Gasteiger partial charge on any atom is 0.243 e. The van der Waals surface area contributed by atoms with Crippen LogP contribution in [0.5, 0.6) is 0 Å². The molecule has 1 saturated carbocycles. The molecule has 1 fully saturated rings. The highest BCUT2D eigenvalue weighted by Crippen LogP contribution is 2.27. The van der Waals surface area contributed by atoms with Crippen LogP contribution in [0.2, 0.25) is 0 Å². The highest BCUT2D eigenvalue weighted by Gasteiger charge is 2.31. The molecule has 1 aromatic rings. The average Bonchev–Trinajstić information content (AvgIpc) is 2.55. The van der Waals surface area contributed by atoms with Crippen LogP contribution in [0, 0.1) is 0 Å². The van der Waals surface area contributed by atoms with Gasteiger partial charge in [-0.05, 0) is 56.2 Å². The first-order chi connectivity index (χ1) is 10.9. The summed E-state index contributed by atoms with van der Waals surface area (Å²) in [6, 6.07) is 7.02. The summed E-state index contributed by atoms with van der Waals surface area (Å²) in [4.78, 5) is 0.314. The standard InChI is InChI=1S/C16H27N3O2S2/c1-19(23(20,21)16-9-3-13(17)4-10-16)15-7-5-14(6-8-15)18-11-12-22-2/h3-4,9-10,14-15,18H,5-8,11-12,17H2,1-2H3. The SMILES string of the molecule is CSCCNC1CCC(N(C)S(=O)(=O)c2ccc(N)cc2)CC1. The van der Waals surface area contributed by atoms with Crippen molar-refractivity contribution in [2.24, 2.45) is 0 Å². The highest BCUT2D eigenvalue weighted by molar-refractivity contribution is 7.98. The molecule has 1 aromatic carbocycles. The van der Waals surface area contributed by atoms with Crippen LogP contribution in [-0.2, 0) is 10.0 Å². The maximum absolute atomic E-state index is 12.7. The first-order valence-electron chi connectivity index (χ1n) is 8.01. The first-order valence-corrected chi connectivity index (χ1v) is 10.8. The van der Waals surface area contributed by atoms with Crippen LogP contribution in [0.3, 0.4) is 0 Å². The zero-order chi connectivity index (χ0) is 16.9. The Balaban J connectivity index is 1.93. The summed E-state index contributed by atoms with van der Waals surface area (Å²) in [5, 5.41) is 3.56. The molecule has 0 radical (unpaired) electrons. The number of nitrogens with zero attached hydrogens (tertiary/aromatic N) is 1. The van der Waals surface area contributed by atoms with Crippen molar-refractivity contribution in [2.75, 3.05) is 31.3 Å². The van der Waals surface area contributed by atoms with E-state index in [1.165, 1.54) is 4.31 Å². The number of thioether (sulfide) groups is 1. The molecule has 1 aliphatic rings. The topological polar surface area (TPSA) is 75.4 Å². The van der Waals surface area contributed by atoms with Gasteiger partial charge in [0.25, 0.3) is 0 Å². The quantitative estimate of drug-likeness (QED) is 0.578.